The molecule has 1 aliphatic rings. The van der Waals surface area contributed by atoms with E-state index in [1.165, 1.54) is 0 Å². The maximum absolute atomic E-state index is 12.8. The summed E-state index contributed by atoms with van der Waals surface area (Å²) in [6.45, 7) is 6.11. The number of carbonyl (C=O) groups excluding carboxylic acids is 2. The van der Waals surface area contributed by atoms with Gasteiger partial charge in [-0.25, -0.2) is 0 Å². The fraction of sp³-hybridized carbons (Fsp3) is 0.348. The van der Waals surface area contributed by atoms with E-state index in [4.69, 9.17) is 17.0 Å². The Kier molecular flexibility index (Phi) is 7.41. The molecule has 0 atom stereocenters. The molecule has 2 aromatic carbocycles. The second-order valence-corrected chi connectivity index (χ2v) is 7.80. The Labute approximate surface area is 182 Å². The molecule has 0 unspecified atom stereocenters. The average molecular weight is 426 g/mol. The van der Waals surface area contributed by atoms with E-state index < -0.39 is 0 Å². The van der Waals surface area contributed by atoms with Gasteiger partial charge in [0.1, 0.15) is 5.75 Å². The van der Waals surface area contributed by atoms with Crippen LogP contribution in [0.3, 0.4) is 0 Å². The summed E-state index contributed by atoms with van der Waals surface area (Å²) in [6, 6.07) is 14.2. The second kappa shape index (κ2) is 10.2. The molecule has 30 heavy (non-hydrogen) atoms. The Morgan fingerprint density at radius 1 is 1.13 bits per heavy atom. The summed E-state index contributed by atoms with van der Waals surface area (Å²) in [5.74, 6) is 0.831. The molecule has 0 aliphatic carbocycles. The van der Waals surface area contributed by atoms with Crippen LogP contribution in [0.2, 0.25) is 0 Å². The first kappa shape index (κ1) is 21.8. The van der Waals surface area contributed by atoms with E-state index in [1.54, 1.807) is 36.4 Å². The third-order valence-corrected chi connectivity index (χ3v) is 5.30. The number of carbonyl (C=O) groups is 2. The van der Waals surface area contributed by atoms with E-state index in [1.807, 2.05) is 24.0 Å². The zero-order valence-corrected chi connectivity index (χ0v) is 18.1. The molecule has 2 aromatic rings. The van der Waals surface area contributed by atoms with Gasteiger partial charge in [0.2, 0.25) is 0 Å². The van der Waals surface area contributed by atoms with Crippen molar-refractivity contribution in [3.63, 3.8) is 0 Å². The Morgan fingerprint density at radius 2 is 1.87 bits per heavy atom. The van der Waals surface area contributed by atoms with Crippen LogP contribution < -0.4 is 15.4 Å². The first-order valence-electron chi connectivity index (χ1n) is 10.2. The largest absolute Gasteiger partial charge is 0.493 e. The SMILES string of the molecule is CCOc1ccccc1C(=O)NC(=S)Nc1cccc(C(=O)N2CCC(C)CC2)c1. The van der Waals surface area contributed by atoms with Crippen molar-refractivity contribution < 1.29 is 14.3 Å². The van der Waals surface area contributed by atoms with Crippen molar-refractivity contribution >= 4 is 34.8 Å². The van der Waals surface area contributed by atoms with E-state index in [0.29, 0.717) is 35.1 Å². The lowest BCUT2D eigenvalue weighted by atomic mass is 9.98. The predicted molar refractivity (Wildman–Crippen MR) is 122 cm³/mol. The fourth-order valence-corrected chi connectivity index (χ4v) is 3.60. The minimum Gasteiger partial charge on any atom is -0.493 e. The molecule has 6 nitrogen and oxygen atoms in total. The van der Waals surface area contributed by atoms with Crippen molar-refractivity contribution in [1.29, 1.82) is 0 Å². The number of anilines is 1. The zero-order valence-electron chi connectivity index (χ0n) is 17.3. The van der Waals surface area contributed by atoms with E-state index >= 15 is 0 Å². The quantitative estimate of drug-likeness (QED) is 0.707. The van der Waals surface area contributed by atoms with Gasteiger partial charge in [-0.2, -0.15) is 0 Å². The summed E-state index contributed by atoms with van der Waals surface area (Å²) in [7, 11) is 0. The highest BCUT2D eigenvalue weighted by molar-refractivity contribution is 7.80. The first-order valence-corrected chi connectivity index (χ1v) is 10.6. The summed E-state index contributed by atoms with van der Waals surface area (Å²) in [5, 5.41) is 5.81. The van der Waals surface area contributed by atoms with Gasteiger partial charge in [0, 0.05) is 24.3 Å². The van der Waals surface area contributed by atoms with Gasteiger partial charge in [0.05, 0.1) is 12.2 Å². The molecule has 7 heteroatoms. The molecule has 1 saturated heterocycles. The number of rotatable bonds is 5. The molecule has 2 N–H and O–H groups in total. The number of hydrogen-bond acceptors (Lipinski definition) is 4. The van der Waals surface area contributed by atoms with Gasteiger partial charge in [-0.3, -0.25) is 14.9 Å². The summed E-state index contributed by atoms with van der Waals surface area (Å²) in [6.07, 6.45) is 2.06. The third kappa shape index (κ3) is 5.57. The number of nitrogens with one attached hydrogen (secondary N) is 2. The highest BCUT2D eigenvalue weighted by Crippen LogP contribution is 2.20. The molecule has 1 fully saturated rings. The van der Waals surface area contributed by atoms with Gasteiger partial charge < -0.3 is 15.0 Å². The molecule has 0 aromatic heterocycles. The first-order chi connectivity index (χ1) is 14.5. The zero-order chi connectivity index (χ0) is 21.5. The number of piperidine rings is 1. The maximum Gasteiger partial charge on any atom is 0.261 e. The summed E-state index contributed by atoms with van der Waals surface area (Å²) >= 11 is 5.29. The Bertz CT molecular complexity index is 923. The molecule has 1 aliphatic heterocycles. The van der Waals surface area contributed by atoms with Gasteiger partial charge in [-0.05, 0) is 68.2 Å². The molecule has 158 valence electrons. The summed E-state index contributed by atoms with van der Waals surface area (Å²) < 4.78 is 5.50. The fourth-order valence-electron chi connectivity index (χ4n) is 3.39. The minimum atomic E-state index is -0.355. The number of benzene rings is 2. The normalized spacial score (nSPS) is 14.1. The van der Waals surface area contributed by atoms with Gasteiger partial charge in [0.15, 0.2) is 5.11 Å². The number of likely N-dealkylation sites (tertiary alicyclic amines) is 1. The predicted octanol–water partition coefficient (Wildman–Crippen LogP) is 4.08. The van der Waals surface area contributed by atoms with Crippen LogP contribution in [0.5, 0.6) is 5.75 Å². The molecule has 0 bridgehead atoms. The van der Waals surface area contributed by atoms with Crippen LogP contribution in [0.15, 0.2) is 48.5 Å². The Hall–Kier alpha value is -2.93. The monoisotopic (exact) mass is 425 g/mol. The average Bonchev–Trinajstić information content (AvgIpc) is 2.74. The van der Waals surface area contributed by atoms with Crippen molar-refractivity contribution in [3.8, 4) is 5.75 Å². The molecule has 0 radical (unpaired) electrons. The molecule has 1 heterocycles. The molecular weight excluding hydrogens is 398 g/mol. The molecular formula is C23H27N3O3S. The van der Waals surface area contributed by atoms with Crippen molar-refractivity contribution in [1.82, 2.24) is 10.2 Å². The molecule has 0 saturated carbocycles. The topological polar surface area (TPSA) is 70.7 Å². The molecule has 0 spiro atoms. The number of amides is 2. The lowest BCUT2D eigenvalue weighted by Gasteiger charge is -2.30. The number of ether oxygens (including phenoxy) is 1. The third-order valence-electron chi connectivity index (χ3n) is 5.10. The van der Waals surface area contributed by atoms with Gasteiger partial charge in [-0.15, -0.1) is 0 Å². The minimum absolute atomic E-state index is 0.0196. The number of thiocarbonyl (C=S) groups is 1. The van der Waals surface area contributed by atoms with Crippen LogP contribution in [-0.2, 0) is 0 Å². The second-order valence-electron chi connectivity index (χ2n) is 7.39. The van der Waals surface area contributed by atoms with Crippen LogP contribution in [0, 0.1) is 5.92 Å². The van der Waals surface area contributed by atoms with Crippen LogP contribution in [0.25, 0.3) is 0 Å². The van der Waals surface area contributed by atoms with E-state index in [-0.39, 0.29) is 16.9 Å². The van der Waals surface area contributed by atoms with Crippen LogP contribution >= 0.6 is 12.2 Å². The number of hydrogen-bond donors (Lipinski definition) is 2. The Balaban J connectivity index is 1.62. The van der Waals surface area contributed by atoms with Crippen LogP contribution in [-0.4, -0.2) is 41.5 Å². The van der Waals surface area contributed by atoms with Crippen molar-refractivity contribution in [3.05, 3.63) is 59.7 Å². The highest BCUT2D eigenvalue weighted by Gasteiger charge is 2.21. The summed E-state index contributed by atoms with van der Waals surface area (Å²) in [4.78, 5) is 27.3. The maximum atomic E-state index is 12.8. The van der Waals surface area contributed by atoms with Crippen LogP contribution in [0.1, 0.15) is 47.4 Å². The number of nitrogens with zero attached hydrogens (tertiary/aromatic N) is 1. The van der Waals surface area contributed by atoms with Crippen molar-refractivity contribution in [2.45, 2.75) is 26.7 Å². The van der Waals surface area contributed by atoms with Crippen LogP contribution in [0.4, 0.5) is 5.69 Å². The molecule has 2 amide bonds. The highest BCUT2D eigenvalue weighted by atomic mass is 32.1. The van der Waals surface area contributed by atoms with Gasteiger partial charge >= 0.3 is 0 Å². The lowest BCUT2D eigenvalue weighted by molar-refractivity contribution is 0.0697. The molecule has 3 rings (SSSR count). The number of para-hydroxylation sites is 1. The standard InChI is InChI=1S/C23H27N3O3S/c1-3-29-20-10-5-4-9-19(20)21(27)25-23(30)24-18-8-6-7-17(15-18)22(28)26-13-11-16(2)12-14-26/h4-10,15-16H,3,11-14H2,1-2H3,(H2,24,25,27,30). The smallest absolute Gasteiger partial charge is 0.261 e. The lowest BCUT2D eigenvalue weighted by Crippen LogP contribution is -2.38. The summed E-state index contributed by atoms with van der Waals surface area (Å²) in [5.41, 5.74) is 1.66. The van der Waals surface area contributed by atoms with Crippen molar-refractivity contribution in [2.75, 3.05) is 25.0 Å². The van der Waals surface area contributed by atoms with E-state index in [2.05, 4.69) is 17.6 Å². The van der Waals surface area contributed by atoms with E-state index in [0.717, 1.165) is 25.9 Å². The van der Waals surface area contributed by atoms with Crippen molar-refractivity contribution in [2.24, 2.45) is 5.92 Å². The van der Waals surface area contributed by atoms with Gasteiger partial charge in [0.25, 0.3) is 11.8 Å². The van der Waals surface area contributed by atoms with Gasteiger partial charge in [-0.1, -0.05) is 25.1 Å². The van der Waals surface area contributed by atoms with E-state index in [9.17, 15) is 9.59 Å². The Morgan fingerprint density at radius 3 is 2.60 bits per heavy atom.